The molecule has 6 nitrogen and oxygen atoms in total. The summed E-state index contributed by atoms with van der Waals surface area (Å²) in [6.45, 7) is 4.07. The lowest BCUT2D eigenvalue weighted by Gasteiger charge is -2.19. The van der Waals surface area contributed by atoms with E-state index in [0.717, 1.165) is 40.8 Å². The Bertz CT molecular complexity index is 1740. The summed E-state index contributed by atoms with van der Waals surface area (Å²) >= 11 is 12.8. The zero-order valence-electron chi connectivity index (χ0n) is 23.7. The highest BCUT2D eigenvalue weighted by atomic mass is 35.5. The van der Waals surface area contributed by atoms with Crippen molar-refractivity contribution in [3.05, 3.63) is 111 Å². The summed E-state index contributed by atoms with van der Waals surface area (Å²) in [6, 6.07) is 24.2. The lowest BCUT2D eigenvalue weighted by Crippen LogP contribution is -2.08. The second-order valence-corrected chi connectivity index (χ2v) is 11.1. The van der Waals surface area contributed by atoms with E-state index in [1.807, 2.05) is 44.2 Å². The molecule has 2 atom stereocenters. The molecule has 216 valence electrons. The molecule has 0 saturated heterocycles. The Hall–Kier alpha value is -4.49. The molecule has 0 radical (unpaired) electrons. The molecule has 0 N–H and O–H groups in total. The molecule has 0 heterocycles. The van der Waals surface area contributed by atoms with E-state index in [4.69, 9.17) is 37.4 Å². The van der Waals surface area contributed by atoms with Crippen molar-refractivity contribution in [2.24, 2.45) is 0 Å². The van der Waals surface area contributed by atoms with E-state index in [1.54, 1.807) is 18.2 Å². The first-order chi connectivity index (χ1) is 20.8. The number of rotatable bonds is 10. The minimum absolute atomic E-state index is 0.0482. The van der Waals surface area contributed by atoms with Crippen LogP contribution >= 0.6 is 23.2 Å². The van der Waals surface area contributed by atoms with Crippen molar-refractivity contribution in [1.29, 1.82) is 10.5 Å². The van der Waals surface area contributed by atoms with E-state index in [2.05, 4.69) is 18.2 Å². The number of aldehydes is 1. The van der Waals surface area contributed by atoms with Crippen LogP contribution in [0.2, 0.25) is 5.02 Å². The topological polar surface area (TPSA) is 92.3 Å². The Kier molecular flexibility index (Phi) is 9.22. The lowest BCUT2D eigenvalue weighted by atomic mass is 9.93. The first kappa shape index (κ1) is 30.0. The molecule has 4 aromatic carbocycles. The van der Waals surface area contributed by atoms with E-state index >= 15 is 0 Å². The largest absolute Gasteiger partial charge is 0.488 e. The van der Waals surface area contributed by atoms with Crippen LogP contribution in [0.5, 0.6) is 17.2 Å². The van der Waals surface area contributed by atoms with Crippen LogP contribution in [-0.4, -0.2) is 11.8 Å². The third kappa shape index (κ3) is 6.47. The van der Waals surface area contributed by atoms with Gasteiger partial charge >= 0.3 is 0 Å². The molecule has 0 spiro atoms. The fourth-order valence-corrected chi connectivity index (χ4v) is 5.63. The van der Waals surface area contributed by atoms with E-state index in [9.17, 15) is 15.3 Å². The van der Waals surface area contributed by atoms with E-state index in [0.29, 0.717) is 45.9 Å². The average molecular weight is 612 g/mol. The molecule has 5 rings (SSSR count). The van der Waals surface area contributed by atoms with E-state index in [1.165, 1.54) is 17.7 Å². The van der Waals surface area contributed by atoms with Crippen LogP contribution in [0.1, 0.15) is 69.6 Å². The predicted octanol–water partition coefficient (Wildman–Crippen LogP) is 8.87. The van der Waals surface area contributed by atoms with Gasteiger partial charge in [-0.25, -0.2) is 0 Å². The Balaban J connectivity index is 1.41. The number of halogens is 2. The Morgan fingerprint density at radius 1 is 0.977 bits per heavy atom. The smallest absolute Gasteiger partial charge is 0.171 e. The highest BCUT2D eigenvalue weighted by molar-refractivity contribution is 6.32. The maximum atomic E-state index is 11.8. The van der Waals surface area contributed by atoms with Crippen molar-refractivity contribution >= 4 is 29.5 Å². The molecule has 0 saturated carbocycles. The van der Waals surface area contributed by atoms with Crippen LogP contribution in [0.3, 0.4) is 0 Å². The molecule has 0 fully saturated rings. The van der Waals surface area contributed by atoms with E-state index in [-0.39, 0.29) is 18.3 Å². The van der Waals surface area contributed by atoms with Gasteiger partial charge in [-0.2, -0.15) is 10.5 Å². The third-order valence-corrected chi connectivity index (χ3v) is 8.16. The lowest BCUT2D eigenvalue weighted by molar-refractivity contribution is 0.111. The zero-order chi connectivity index (χ0) is 30.5. The number of nitrogens with zero attached hydrogens (tertiary/aromatic N) is 2. The second-order valence-electron chi connectivity index (χ2n) is 10.3. The van der Waals surface area contributed by atoms with Crippen molar-refractivity contribution in [2.75, 3.05) is 0 Å². The number of carbonyl (C=O) groups is 1. The molecule has 1 aliphatic carbocycles. The van der Waals surface area contributed by atoms with Gasteiger partial charge in [0.1, 0.15) is 30.0 Å². The average Bonchev–Trinajstić information content (AvgIpc) is 3.44. The van der Waals surface area contributed by atoms with E-state index < -0.39 is 5.56 Å². The van der Waals surface area contributed by atoms with Crippen LogP contribution in [0.15, 0.2) is 66.7 Å². The highest BCUT2D eigenvalue weighted by Crippen LogP contribution is 2.44. The van der Waals surface area contributed by atoms with Gasteiger partial charge in [0.25, 0.3) is 0 Å². The van der Waals surface area contributed by atoms with Gasteiger partial charge in [-0.1, -0.05) is 60.5 Å². The number of hydrogen-bond acceptors (Lipinski definition) is 6. The maximum Gasteiger partial charge on any atom is 0.171 e. The standard InChI is InChI=1S/C35H28Cl2N2O4/c1-3-35(37)43-31-9-5-6-26(21(31)2)27-7-4-8-29-28(27)10-11-32(29)42-34-16-33(25(19-40)15-30(34)36)41-20-24-13-22(17-38)12-23(14-24)18-39/h4-9,12-16,19,32,35H,3,10-11,20H2,1-2H3. The third-order valence-electron chi connectivity index (χ3n) is 7.47. The van der Waals surface area contributed by atoms with Gasteiger partial charge < -0.3 is 14.2 Å². The molecular formula is C35H28Cl2N2O4. The zero-order valence-corrected chi connectivity index (χ0v) is 25.2. The van der Waals surface area contributed by atoms with Crippen LogP contribution in [0.25, 0.3) is 11.1 Å². The van der Waals surface area contributed by atoms with Crippen molar-refractivity contribution in [2.45, 2.75) is 51.4 Å². The summed E-state index contributed by atoms with van der Waals surface area (Å²) in [5.41, 5.74) is 6.71. The van der Waals surface area contributed by atoms with Crippen LogP contribution < -0.4 is 14.2 Å². The predicted molar refractivity (Wildman–Crippen MR) is 166 cm³/mol. The molecule has 0 aromatic heterocycles. The molecule has 2 unspecified atom stereocenters. The molecule has 0 aliphatic heterocycles. The second kappa shape index (κ2) is 13.2. The van der Waals surface area contributed by atoms with Crippen LogP contribution in [-0.2, 0) is 13.0 Å². The normalized spacial score (nSPS) is 14.2. The first-order valence-electron chi connectivity index (χ1n) is 13.9. The number of hydrogen-bond donors (Lipinski definition) is 0. The summed E-state index contributed by atoms with van der Waals surface area (Å²) in [4.78, 5) is 11.8. The van der Waals surface area contributed by atoms with Crippen molar-refractivity contribution in [3.8, 4) is 40.5 Å². The summed E-state index contributed by atoms with van der Waals surface area (Å²) in [5.74, 6) is 1.45. The summed E-state index contributed by atoms with van der Waals surface area (Å²) in [7, 11) is 0. The van der Waals surface area contributed by atoms with Gasteiger partial charge in [0, 0.05) is 6.07 Å². The van der Waals surface area contributed by atoms with Crippen LogP contribution in [0.4, 0.5) is 0 Å². The molecule has 0 bridgehead atoms. The maximum absolute atomic E-state index is 11.8. The molecule has 8 heteroatoms. The summed E-state index contributed by atoms with van der Waals surface area (Å²) in [6.07, 6.45) is 2.69. The molecule has 4 aromatic rings. The number of nitriles is 2. The Morgan fingerprint density at radius 3 is 2.40 bits per heavy atom. The molecular weight excluding hydrogens is 583 g/mol. The van der Waals surface area contributed by atoms with Crippen molar-refractivity contribution in [3.63, 3.8) is 0 Å². The van der Waals surface area contributed by atoms with Gasteiger partial charge in [-0.3, -0.25) is 4.79 Å². The molecule has 43 heavy (non-hydrogen) atoms. The van der Waals surface area contributed by atoms with Crippen LogP contribution in [0, 0.1) is 29.6 Å². The van der Waals surface area contributed by atoms with Gasteiger partial charge in [0.15, 0.2) is 11.8 Å². The molecule has 0 amide bonds. The molecule has 1 aliphatic rings. The Morgan fingerprint density at radius 2 is 1.70 bits per heavy atom. The highest BCUT2D eigenvalue weighted by Gasteiger charge is 2.28. The number of benzene rings is 4. The number of fused-ring (bicyclic) bond motifs is 1. The minimum Gasteiger partial charge on any atom is -0.488 e. The fraction of sp³-hybridized carbons (Fsp3) is 0.229. The van der Waals surface area contributed by atoms with Gasteiger partial charge in [-0.05, 0) is 89.9 Å². The number of alkyl halides is 1. The minimum atomic E-state index is -0.393. The quantitative estimate of drug-likeness (QED) is 0.131. The first-order valence-corrected chi connectivity index (χ1v) is 14.7. The van der Waals surface area contributed by atoms with Gasteiger partial charge in [0.2, 0.25) is 0 Å². The summed E-state index contributed by atoms with van der Waals surface area (Å²) < 4.78 is 18.4. The number of ether oxygens (including phenoxy) is 3. The monoisotopic (exact) mass is 610 g/mol. The Labute approximate surface area is 261 Å². The number of carbonyl (C=O) groups excluding carboxylic acids is 1. The van der Waals surface area contributed by atoms with Gasteiger partial charge in [0.05, 0.1) is 33.9 Å². The summed E-state index contributed by atoms with van der Waals surface area (Å²) in [5, 5.41) is 18.9. The van der Waals surface area contributed by atoms with Gasteiger partial charge in [-0.15, -0.1) is 0 Å². The van der Waals surface area contributed by atoms with Crippen molar-refractivity contribution < 1.29 is 19.0 Å². The van der Waals surface area contributed by atoms with Crippen molar-refractivity contribution in [1.82, 2.24) is 0 Å². The SMILES string of the molecule is CCC(Cl)Oc1cccc(-c2cccc3c2CCC3Oc2cc(OCc3cc(C#N)cc(C#N)c3)c(C=O)cc2Cl)c1C. The fourth-order valence-electron chi connectivity index (χ4n) is 5.32.